The first-order valence-corrected chi connectivity index (χ1v) is 6.54. The van der Waals surface area contributed by atoms with Crippen molar-refractivity contribution in [1.29, 1.82) is 10.5 Å². The van der Waals surface area contributed by atoms with Gasteiger partial charge in [-0.1, -0.05) is 0 Å². The summed E-state index contributed by atoms with van der Waals surface area (Å²) in [4.78, 5) is 6.01. The van der Waals surface area contributed by atoms with Crippen molar-refractivity contribution in [2.75, 3.05) is 0 Å². The zero-order chi connectivity index (χ0) is 11.9. The van der Waals surface area contributed by atoms with Crippen molar-refractivity contribution in [1.82, 2.24) is 5.06 Å². The molecule has 1 spiro atoms. The van der Waals surface area contributed by atoms with Gasteiger partial charge in [0.1, 0.15) is 0 Å². The molecule has 2 aliphatic heterocycles. The summed E-state index contributed by atoms with van der Waals surface area (Å²) in [7, 11) is 0. The van der Waals surface area contributed by atoms with Crippen molar-refractivity contribution in [2.45, 2.75) is 62.6 Å². The van der Waals surface area contributed by atoms with E-state index in [9.17, 15) is 5.26 Å². The third kappa shape index (κ3) is 1.41. The van der Waals surface area contributed by atoms with E-state index in [-0.39, 0.29) is 23.6 Å². The number of rotatable bonds is 1. The van der Waals surface area contributed by atoms with Crippen molar-refractivity contribution in [3.8, 4) is 12.1 Å². The SMILES string of the molecule is N#CC[C@@H]1CCC[C@]23CCC[C@H](ON12)[C@@H]3C#N. The van der Waals surface area contributed by atoms with Gasteiger partial charge in [-0.3, -0.25) is 4.84 Å². The summed E-state index contributed by atoms with van der Waals surface area (Å²) in [6, 6.07) is 4.93. The summed E-state index contributed by atoms with van der Waals surface area (Å²) in [5, 5.41) is 20.4. The van der Waals surface area contributed by atoms with Crippen LogP contribution in [0, 0.1) is 28.6 Å². The van der Waals surface area contributed by atoms with Crippen LogP contribution < -0.4 is 0 Å². The van der Waals surface area contributed by atoms with Crippen molar-refractivity contribution in [2.24, 2.45) is 5.92 Å². The molecule has 2 heterocycles. The quantitative estimate of drug-likeness (QED) is 0.693. The summed E-state index contributed by atoms with van der Waals surface area (Å²) in [5.41, 5.74) is -0.0720. The van der Waals surface area contributed by atoms with E-state index in [2.05, 4.69) is 17.2 Å². The molecule has 3 rings (SSSR count). The second-order valence-electron chi connectivity index (χ2n) is 5.48. The molecule has 0 N–H and O–H groups in total. The van der Waals surface area contributed by atoms with Gasteiger partial charge in [0.05, 0.1) is 36.1 Å². The highest BCUT2D eigenvalue weighted by Crippen LogP contribution is 2.53. The molecule has 1 aliphatic carbocycles. The molecular weight excluding hydrogens is 214 g/mol. The van der Waals surface area contributed by atoms with Gasteiger partial charge in [0.2, 0.25) is 0 Å². The number of hydroxylamine groups is 2. The van der Waals surface area contributed by atoms with Crippen LogP contribution in [-0.2, 0) is 4.84 Å². The molecule has 0 aromatic rings. The van der Waals surface area contributed by atoms with E-state index in [1.807, 2.05) is 0 Å². The fourth-order valence-electron chi connectivity index (χ4n) is 3.98. The number of nitriles is 2. The number of piperidine rings is 1. The van der Waals surface area contributed by atoms with E-state index in [1.165, 1.54) is 0 Å². The second kappa shape index (κ2) is 3.98. The highest BCUT2D eigenvalue weighted by molar-refractivity contribution is 5.15. The average molecular weight is 231 g/mol. The monoisotopic (exact) mass is 231 g/mol. The fraction of sp³-hybridized carbons (Fsp3) is 0.846. The van der Waals surface area contributed by atoms with Crippen LogP contribution in [-0.4, -0.2) is 22.7 Å². The molecule has 4 nitrogen and oxygen atoms in total. The first kappa shape index (κ1) is 11.0. The molecule has 2 saturated heterocycles. The Balaban J connectivity index is 1.94. The van der Waals surface area contributed by atoms with Crippen molar-refractivity contribution in [3.05, 3.63) is 0 Å². The summed E-state index contributed by atoms with van der Waals surface area (Å²) >= 11 is 0. The summed E-state index contributed by atoms with van der Waals surface area (Å²) in [6.07, 6.45) is 7.01. The molecule has 0 amide bonds. The largest absolute Gasteiger partial charge is 0.293 e. The Morgan fingerprint density at radius 1 is 1.24 bits per heavy atom. The number of hydrogen-bond acceptors (Lipinski definition) is 4. The van der Waals surface area contributed by atoms with Crippen LogP contribution >= 0.6 is 0 Å². The van der Waals surface area contributed by atoms with E-state index >= 15 is 0 Å². The maximum Gasteiger partial charge on any atom is 0.0970 e. The first-order chi connectivity index (χ1) is 8.31. The zero-order valence-electron chi connectivity index (χ0n) is 9.93. The Hall–Kier alpha value is -1.10. The minimum Gasteiger partial charge on any atom is -0.293 e. The van der Waals surface area contributed by atoms with Crippen LogP contribution in [0.5, 0.6) is 0 Å². The summed E-state index contributed by atoms with van der Waals surface area (Å²) in [6.45, 7) is 0. The molecule has 4 heteroatoms. The normalized spacial score (nSPS) is 44.7. The summed E-state index contributed by atoms with van der Waals surface area (Å²) < 4.78 is 0. The van der Waals surface area contributed by atoms with Gasteiger partial charge in [0, 0.05) is 6.04 Å². The predicted molar refractivity (Wildman–Crippen MR) is 60.3 cm³/mol. The Kier molecular flexibility index (Phi) is 2.58. The van der Waals surface area contributed by atoms with Gasteiger partial charge in [0.25, 0.3) is 0 Å². The van der Waals surface area contributed by atoms with Crippen molar-refractivity contribution in [3.63, 3.8) is 0 Å². The van der Waals surface area contributed by atoms with E-state index < -0.39 is 0 Å². The van der Waals surface area contributed by atoms with Gasteiger partial charge in [-0.15, -0.1) is 0 Å². The third-order valence-electron chi connectivity index (χ3n) is 4.68. The topological polar surface area (TPSA) is 60.0 Å². The van der Waals surface area contributed by atoms with Crippen LogP contribution in [0.25, 0.3) is 0 Å². The lowest BCUT2D eigenvalue weighted by atomic mass is 9.68. The molecule has 0 aromatic carbocycles. The molecule has 2 bridgehead atoms. The molecule has 1 saturated carbocycles. The number of hydrogen-bond donors (Lipinski definition) is 0. The Morgan fingerprint density at radius 2 is 2.00 bits per heavy atom. The van der Waals surface area contributed by atoms with E-state index in [1.54, 1.807) is 0 Å². The lowest BCUT2D eigenvalue weighted by molar-refractivity contribution is -0.220. The average Bonchev–Trinajstić information content (AvgIpc) is 2.51. The van der Waals surface area contributed by atoms with Gasteiger partial charge in [-0.2, -0.15) is 15.6 Å². The van der Waals surface area contributed by atoms with Crippen LogP contribution in [0.3, 0.4) is 0 Å². The van der Waals surface area contributed by atoms with E-state index in [0.717, 1.165) is 38.5 Å². The summed E-state index contributed by atoms with van der Waals surface area (Å²) in [5.74, 6) is 0.0118. The Morgan fingerprint density at radius 3 is 2.71 bits per heavy atom. The fourth-order valence-corrected chi connectivity index (χ4v) is 3.98. The molecule has 3 fully saturated rings. The van der Waals surface area contributed by atoms with Gasteiger partial charge >= 0.3 is 0 Å². The molecule has 0 aromatic heterocycles. The van der Waals surface area contributed by atoms with Gasteiger partial charge < -0.3 is 0 Å². The molecule has 0 unspecified atom stereocenters. The van der Waals surface area contributed by atoms with Crippen LogP contribution in [0.2, 0.25) is 0 Å². The van der Waals surface area contributed by atoms with Crippen molar-refractivity contribution < 1.29 is 4.84 Å². The van der Waals surface area contributed by atoms with Crippen LogP contribution in [0.1, 0.15) is 44.9 Å². The van der Waals surface area contributed by atoms with E-state index in [4.69, 9.17) is 10.1 Å². The Bertz CT molecular complexity index is 392. The number of fused-ring (bicyclic) bond motifs is 1. The molecule has 90 valence electrons. The number of nitrogens with zero attached hydrogens (tertiary/aromatic N) is 3. The zero-order valence-corrected chi connectivity index (χ0v) is 9.93. The molecule has 3 aliphatic rings. The lowest BCUT2D eigenvalue weighted by Crippen LogP contribution is -2.55. The van der Waals surface area contributed by atoms with Gasteiger partial charge in [0.15, 0.2) is 0 Å². The smallest absolute Gasteiger partial charge is 0.0970 e. The third-order valence-corrected chi connectivity index (χ3v) is 4.68. The molecular formula is C13H17N3O. The van der Waals surface area contributed by atoms with Gasteiger partial charge in [-0.05, 0) is 38.5 Å². The molecule has 0 radical (unpaired) electrons. The predicted octanol–water partition coefficient (Wildman–Crippen LogP) is 2.13. The minimum absolute atomic E-state index is 0.0118. The van der Waals surface area contributed by atoms with Crippen molar-refractivity contribution >= 4 is 0 Å². The van der Waals surface area contributed by atoms with Gasteiger partial charge in [-0.25, -0.2) is 0 Å². The Labute approximate surface area is 102 Å². The van der Waals surface area contributed by atoms with Crippen LogP contribution in [0.15, 0.2) is 0 Å². The van der Waals surface area contributed by atoms with Crippen LogP contribution in [0.4, 0.5) is 0 Å². The lowest BCUT2D eigenvalue weighted by Gasteiger charge is -2.46. The standard InChI is InChI=1S/C13H17N3O/c14-8-5-10-3-1-6-13-7-2-4-12(11(13)9-15)17-16(10)13/h10-12H,1-7H2/t10-,11-,12-,13+/m0/s1. The second-order valence-corrected chi connectivity index (χ2v) is 5.48. The highest BCUT2D eigenvalue weighted by Gasteiger charge is 2.60. The highest BCUT2D eigenvalue weighted by atomic mass is 16.7. The minimum atomic E-state index is -0.0720. The first-order valence-electron chi connectivity index (χ1n) is 6.54. The maximum absolute atomic E-state index is 9.40. The maximum atomic E-state index is 9.40. The van der Waals surface area contributed by atoms with E-state index in [0.29, 0.717) is 6.42 Å². The molecule has 17 heavy (non-hydrogen) atoms. The molecule has 4 atom stereocenters.